The molecule has 0 aromatic rings. The average Bonchev–Trinajstić information content (AvgIpc) is 2.55. The summed E-state index contributed by atoms with van der Waals surface area (Å²) in [6.45, 7) is 4.33. The van der Waals surface area contributed by atoms with Gasteiger partial charge in [0.25, 0.3) is 0 Å². The van der Waals surface area contributed by atoms with Crippen molar-refractivity contribution in [3.8, 4) is 0 Å². The van der Waals surface area contributed by atoms with Gasteiger partial charge in [0, 0.05) is 13.3 Å². The number of carbonyl (C=O) groups excluding carboxylic acids is 2. The third kappa shape index (κ3) is 17.3. The lowest BCUT2D eigenvalue weighted by Crippen LogP contribution is -2.10. The molecule has 1 saturated carbocycles. The fourth-order valence-electron chi connectivity index (χ4n) is 3.03. The van der Waals surface area contributed by atoms with Crippen LogP contribution < -0.4 is 0 Å². The Morgan fingerprint density at radius 3 is 2.17 bits per heavy atom. The van der Waals surface area contributed by atoms with Gasteiger partial charge in [-0.1, -0.05) is 77.6 Å². The first kappa shape index (κ1) is 22.1. The van der Waals surface area contributed by atoms with E-state index in [-0.39, 0.29) is 5.97 Å². The van der Waals surface area contributed by atoms with Crippen LogP contribution in [0.25, 0.3) is 0 Å². The number of carbonyl (C=O) groups is 2. The van der Waals surface area contributed by atoms with Crippen LogP contribution in [0.4, 0.5) is 0 Å². The molecule has 0 heterocycles. The van der Waals surface area contributed by atoms with Gasteiger partial charge >= 0.3 is 5.97 Å². The second-order valence-corrected chi connectivity index (χ2v) is 6.71. The minimum atomic E-state index is -0.147. The minimum absolute atomic E-state index is 0.147. The maximum absolute atomic E-state index is 10.5. The van der Waals surface area contributed by atoms with E-state index in [0.717, 1.165) is 31.5 Å². The molecule has 1 fully saturated rings. The number of hydrogen-bond acceptors (Lipinski definition) is 3. The molecule has 0 atom stereocenters. The van der Waals surface area contributed by atoms with Crippen molar-refractivity contribution >= 4 is 12.3 Å². The first-order valence-electron chi connectivity index (χ1n) is 9.77. The highest BCUT2D eigenvalue weighted by Crippen LogP contribution is 2.25. The van der Waals surface area contributed by atoms with E-state index in [0.29, 0.717) is 6.61 Å². The van der Waals surface area contributed by atoms with Crippen LogP contribution in [0.3, 0.4) is 0 Å². The highest BCUT2D eigenvalue weighted by atomic mass is 16.5. The van der Waals surface area contributed by atoms with Gasteiger partial charge in [-0.2, -0.15) is 0 Å². The standard InChI is InChI=1S/C10H18O2.C10H20O/c1-9(11)12-8-7-10-5-3-2-4-6-10;1-2-3-4-5-6-7-8-9-10-11/h10H,2-8H2,1H3;10H,2-9H2,1H3. The summed E-state index contributed by atoms with van der Waals surface area (Å²) in [6.07, 6.45) is 18.7. The highest BCUT2D eigenvalue weighted by molar-refractivity contribution is 5.65. The van der Waals surface area contributed by atoms with Crippen molar-refractivity contribution in [3.05, 3.63) is 0 Å². The number of aldehydes is 1. The van der Waals surface area contributed by atoms with E-state index in [9.17, 15) is 9.59 Å². The van der Waals surface area contributed by atoms with Crippen molar-refractivity contribution < 1.29 is 14.3 Å². The molecule has 1 rings (SSSR count). The second-order valence-electron chi connectivity index (χ2n) is 6.71. The van der Waals surface area contributed by atoms with E-state index in [1.54, 1.807) is 0 Å². The van der Waals surface area contributed by atoms with Gasteiger partial charge in [0.1, 0.15) is 6.29 Å². The monoisotopic (exact) mass is 326 g/mol. The van der Waals surface area contributed by atoms with Crippen molar-refractivity contribution in [2.45, 2.75) is 104 Å². The summed E-state index contributed by atoms with van der Waals surface area (Å²) in [7, 11) is 0. The minimum Gasteiger partial charge on any atom is -0.466 e. The number of ether oxygens (including phenoxy) is 1. The summed E-state index contributed by atoms with van der Waals surface area (Å²) in [5.74, 6) is 0.670. The van der Waals surface area contributed by atoms with Crippen LogP contribution in [-0.2, 0) is 14.3 Å². The first-order chi connectivity index (χ1) is 11.2. The van der Waals surface area contributed by atoms with Crippen LogP contribution in [0.2, 0.25) is 0 Å². The zero-order valence-corrected chi connectivity index (χ0v) is 15.5. The topological polar surface area (TPSA) is 43.4 Å². The number of rotatable bonds is 11. The Balaban J connectivity index is 0.000000423. The van der Waals surface area contributed by atoms with Gasteiger partial charge in [-0.25, -0.2) is 0 Å². The van der Waals surface area contributed by atoms with Crippen molar-refractivity contribution in [2.75, 3.05) is 6.61 Å². The predicted octanol–water partition coefficient (Wildman–Crippen LogP) is 5.85. The Hall–Kier alpha value is -0.860. The normalized spacial score (nSPS) is 14.7. The summed E-state index contributed by atoms with van der Waals surface area (Å²) in [6, 6.07) is 0. The Morgan fingerprint density at radius 2 is 1.61 bits per heavy atom. The third-order valence-electron chi connectivity index (χ3n) is 4.48. The third-order valence-corrected chi connectivity index (χ3v) is 4.48. The number of esters is 1. The van der Waals surface area contributed by atoms with Crippen LogP contribution in [0.5, 0.6) is 0 Å². The van der Waals surface area contributed by atoms with Crippen molar-refractivity contribution in [3.63, 3.8) is 0 Å². The molecule has 3 heteroatoms. The Kier molecular flexibility index (Phi) is 16.8. The van der Waals surface area contributed by atoms with E-state index in [2.05, 4.69) is 6.92 Å². The molecular formula is C20H38O3. The van der Waals surface area contributed by atoms with Crippen LogP contribution in [0.1, 0.15) is 104 Å². The van der Waals surface area contributed by atoms with Crippen LogP contribution in [-0.4, -0.2) is 18.9 Å². The Labute approximate surface area is 143 Å². The van der Waals surface area contributed by atoms with Crippen LogP contribution >= 0.6 is 0 Å². The molecule has 0 amide bonds. The maximum Gasteiger partial charge on any atom is 0.302 e. The van der Waals surface area contributed by atoms with E-state index >= 15 is 0 Å². The van der Waals surface area contributed by atoms with E-state index < -0.39 is 0 Å². The fraction of sp³-hybridized carbons (Fsp3) is 0.900. The molecule has 136 valence electrons. The highest BCUT2D eigenvalue weighted by Gasteiger charge is 2.12. The van der Waals surface area contributed by atoms with Crippen LogP contribution in [0.15, 0.2) is 0 Å². The summed E-state index contributed by atoms with van der Waals surface area (Å²) in [5.41, 5.74) is 0. The van der Waals surface area contributed by atoms with E-state index in [1.807, 2.05) is 0 Å². The lowest BCUT2D eigenvalue weighted by molar-refractivity contribution is -0.141. The zero-order chi connectivity index (χ0) is 17.2. The maximum atomic E-state index is 10.5. The lowest BCUT2D eigenvalue weighted by atomic mass is 9.87. The van der Waals surface area contributed by atoms with Gasteiger partial charge in [0.15, 0.2) is 0 Å². The largest absolute Gasteiger partial charge is 0.466 e. The van der Waals surface area contributed by atoms with Crippen molar-refractivity contribution in [1.29, 1.82) is 0 Å². The molecule has 0 bridgehead atoms. The van der Waals surface area contributed by atoms with Gasteiger partial charge in [-0.3, -0.25) is 4.79 Å². The van der Waals surface area contributed by atoms with Crippen molar-refractivity contribution in [2.24, 2.45) is 5.92 Å². The zero-order valence-electron chi connectivity index (χ0n) is 15.5. The molecule has 0 unspecified atom stereocenters. The molecule has 0 saturated heterocycles. The quantitative estimate of drug-likeness (QED) is 0.272. The van der Waals surface area contributed by atoms with Gasteiger partial charge < -0.3 is 9.53 Å². The average molecular weight is 327 g/mol. The molecule has 3 nitrogen and oxygen atoms in total. The van der Waals surface area contributed by atoms with E-state index in [1.165, 1.54) is 77.6 Å². The van der Waals surface area contributed by atoms with Gasteiger partial charge in [-0.15, -0.1) is 0 Å². The molecule has 1 aliphatic carbocycles. The SMILES string of the molecule is CC(=O)OCCC1CCCCC1.CCCCCCCCCC=O. The van der Waals surface area contributed by atoms with Gasteiger partial charge in [0.2, 0.25) is 0 Å². The molecule has 0 aromatic carbocycles. The van der Waals surface area contributed by atoms with Crippen LogP contribution in [0, 0.1) is 5.92 Å². The second kappa shape index (κ2) is 17.5. The molecule has 0 aliphatic heterocycles. The molecule has 0 radical (unpaired) electrons. The van der Waals surface area contributed by atoms with Gasteiger partial charge in [-0.05, 0) is 18.8 Å². The predicted molar refractivity (Wildman–Crippen MR) is 96.5 cm³/mol. The molecule has 0 aromatic heterocycles. The summed E-state index contributed by atoms with van der Waals surface area (Å²) in [5, 5.41) is 0. The molecule has 1 aliphatic rings. The first-order valence-corrected chi connectivity index (χ1v) is 9.77. The smallest absolute Gasteiger partial charge is 0.302 e. The number of unbranched alkanes of at least 4 members (excludes halogenated alkanes) is 7. The summed E-state index contributed by atoms with van der Waals surface area (Å²) < 4.78 is 4.91. The molecule has 0 N–H and O–H groups in total. The summed E-state index contributed by atoms with van der Waals surface area (Å²) >= 11 is 0. The Bertz CT molecular complexity index is 270. The molecule has 0 spiro atoms. The van der Waals surface area contributed by atoms with Crippen molar-refractivity contribution in [1.82, 2.24) is 0 Å². The summed E-state index contributed by atoms with van der Waals surface area (Å²) in [4.78, 5) is 20.4. The Morgan fingerprint density at radius 1 is 1.00 bits per heavy atom. The fourth-order valence-corrected chi connectivity index (χ4v) is 3.03. The molecular weight excluding hydrogens is 288 g/mol. The lowest BCUT2D eigenvalue weighted by Gasteiger charge is -2.20. The molecule has 23 heavy (non-hydrogen) atoms. The van der Waals surface area contributed by atoms with E-state index in [4.69, 9.17) is 4.74 Å². The van der Waals surface area contributed by atoms with Gasteiger partial charge in [0.05, 0.1) is 6.61 Å². The number of hydrogen-bond donors (Lipinski definition) is 0.